The molecule has 1 aromatic rings. The Hall–Kier alpha value is -0.130. The van der Waals surface area contributed by atoms with E-state index in [-0.39, 0.29) is 5.60 Å². The van der Waals surface area contributed by atoms with Gasteiger partial charge in [0.1, 0.15) is 0 Å². The van der Waals surface area contributed by atoms with Crippen LogP contribution in [-0.2, 0) is 6.54 Å². The molecule has 1 N–H and O–H groups in total. The average Bonchev–Trinajstić information content (AvgIpc) is 2.41. The summed E-state index contributed by atoms with van der Waals surface area (Å²) in [7, 11) is 0. The van der Waals surface area contributed by atoms with Crippen molar-refractivity contribution in [2.75, 3.05) is 13.1 Å². The SMILES string of the molecule is OC12CCCCC1CN(Cc1ccc(I)cc1)CC2. The number of hydrogen-bond donors (Lipinski definition) is 1. The molecule has 19 heavy (non-hydrogen) atoms. The summed E-state index contributed by atoms with van der Waals surface area (Å²) in [6, 6.07) is 8.81. The Morgan fingerprint density at radius 3 is 2.79 bits per heavy atom. The predicted octanol–water partition coefficient (Wildman–Crippen LogP) is 3.42. The fraction of sp³-hybridized carbons (Fsp3) is 0.625. The Kier molecular flexibility index (Phi) is 4.15. The van der Waals surface area contributed by atoms with E-state index in [1.807, 2.05) is 0 Å². The molecule has 1 aliphatic carbocycles. The summed E-state index contributed by atoms with van der Waals surface area (Å²) < 4.78 is 1.29. The lowest BCUT2D eigenvalue weighted by Crippen LogP contribution is -2.52. The fourth-order valence-electron chi connectivity index (χ4n) is 3.63. The summed E-state index contributed by atoms with van der Waals surface area (Å²) in [5.74, 6) is 0.499. The average molecular weight is 371 g/mol. The molecular formula is C16H22INO. The maximum Gasteiger partial charge on any atom is 0.0700 e. The molecule has 0 radical (unpaired) electrons. The minimum Gasteiger partial charge on any atom is -0.390 e. The van der Waals surface area contributed by atoms with Gasteiger partial charge in [0.25, 0.3) is 0 Å². The van der Waals surface area contributed by atoms with E-state index in [0.717, 1.165) is 32.5 Å². The van der Waals surface area contributed by atoms with Crippen molar-refractivity contribution in [3.63, 3.8) is 0 Å². The van der Waals surface area contributed by atoms with Gasteiger partial charge in [0, 0.05) is 29.1 Å². The van der Waals surface area contributed by atoms with Crippen LogP contribution in [0.1, 0.15) is 37.7 Å². The smallest absolute Gasteiger partial charge is 0.0700 e. The van der Waals surface area contributed by atoms with Gasteiger partial charge in [0.05, 0.1) is 5.60 Å². The van der Waals surface area contributed by atoms with Crippen molar-refractivity contribution in [1.29, 1.82) is 0 Å². The summed E-state index contributed by atoms with van der Waals surface area (Å²) in [5, 5.41) is 10.7. The number of fused-ring (bicyclic) bond motifs is 1. The summed E-state index contributed by atoms with van der Waals surface area (Å²) in [4.78, 5) is 2.52. The molecule has 0 spiro atoms. The Morgan fingerprint density at radius 1 is 1.21 bits per heavy atom. The van der Waals surface area contributed by atoms with Gasteiger partial charge >= 0.3 is 0 Å². The maximum absolute atomic E-state index is 10.7. The van der Waals surface area contributed by atoms with Gasteiger partial charge in [-0.15, -0.1) is 0 Å². The molecule has 2 nitrogen and oxygen atoms in total. The van der Waals surface area contributed by atoms with Crippen molar-refractivity contribution < 1.29 is 5.11 Å². The lowest BCUT2D eigenvalue weighted by Gasteiger charge is -2.47. The fourth-order valence-corrected chi connectivity index (χ4v) is 3.99. The number of hydrogen-bond acceptors (Lipinski definition) is 2. The molecule has 1 heterocycles. The zero-order valence-electron chi connectivity index (χ0n) is 11.3. The zero-order valence-corrected chi connectivity index (χ0v) is 13.5. The third kappa shape index (κ3) is 3.14. The first-order valence-electron chi connectivity index (χ1n) is 7.35. The first-order valence-corrected chi connectivity index (χ1v) is 8.43. The Labute approximate surface area is 129 Å². The molecule has 1 aromatic carbocycles. The molecule has 3 rings (SSSR count). The van der Waals surface area contributed by atoms with Crippen LogP contribution in [0.15, 0.2) is 24.3 Å². The monoisotopic (exact) mass is 371 g/mol. The quantitative estimate of drug-likeness (QED) is 0.806. The topological polar surface area (TPSA) is 23.5 Å². The predicted molar refractivity (Wildman–Crippen MR) is 86.0 cm³/mol. The normalized spacial score (nSPS) is 32.0. The molecule has 3 heteroatoms. The third-order valence-corrected chi connectivity index (χ3v) is 5.55. The second kappa shape index (κ2) is 5.70. The van der Waals surface area contributed by atoms with Gasteiger partial charge in [-0.3, -0.25) is 4.90 Å². The van der Waals surface area contributed by atoms with Gasteiger partial charge in [-0.25, -0.2) is 0 Å². The summed E-state index contributed by atoms with van der Waals surface area (Å²) in [6.07, 6.45) is 5.70. The lowest BCUT2D eigenvalue weighted by molar-refractivity contribution is -0.0967. The van der Waals surface area contributed by atoms with Crippen LogP contribution >= 0.6 is 22.6 Å². The van der Waals surface area contributed by atoms with Crippen LogP contribution in [0.3, 0.4) is 0 Å². The maximum atomic E-state index is 10.7. The van der Waals surface area contributed by atoms with Crippen molar-refractivity contribution >= 4 is 22.6 Å². The van der Waals surface area contributed by atoms with E-state index in [9.17, 15) is 5.11 Å². The van der Waals surface area contributed by atoms with Crippen molar-refractivity contribution in [2.24, 2.45) is 5.92 Å². The first-order chi connectivity index (χ1) is 9.16. The molecular weight excluding hydrogens is 349 g/mol. The van der Waals surface area contributed by atoms with E-state index in [0.29, 0.717) is 5.92 Å². The van der Waals surface area contributed by atoms with Crippen LogP contribution in [0.4, 0.5) is 0 Å². The highest BCUT2D eigenvalue weighted by molar-refractivity contribution is 14.1. The largest absolute Gasteiger partial charge is 0.390 e. The minimum atomic E-state index is -0.346. The van der Waals surface area contributed by atoms with Crippen molar-refractivity contribution in [3.05, 3.63) is 33.4 Å². The van der Waals surface area contributed by atoms with E-state index >= 15 is 0 Å². The van der Waals surface area contributed by atoms with E-state index in [1.165, 1.54) is 28.4 Å². The van der Waals surface area contributed by atoms with Crippen molar-refractivity contribution in [1.82, 2.24) is 4.90 Å². The number of piperidine rings is 1. The summed E-state index contributed by atoms with van der Waals surface area (Å²) in [5.41, 5.74) is 1.04. The van der Waals surface area contributed by atoms with E-state index in [4.69, 9.17) is 0 Å². The molecule has 1 saturated carbocycles. The van der Waals surface area contributed by atoms with Crippen LogP contribution in [-0.4, -0.2) is 28.7 Å². The van der Waals surface area contributed by atoms with Crippen LogP contribution < -0.4 is 0 Å². The van der Waals surface area contributed by atoms with Gasteiger partial charge in [-0.05, 0) is 59.5 Å². The van der Waals surface area contributed by atoms with Gasteiger partial charge < -0.3 is 5.11 Å². The van der Waals surface area contributed by atoms with Crippen LogP contribution in [0, 0.1) is 9.49 Å². The van der Waals surface area contributed by atoms with Gasteiger partial charge in [-0.1, -0.05) is 25.0 Å². The molecule has 2 aliphatic rings. The Morgan fingerprint density at radius 2 is 2.00 bits per heavy atom. The van der Waals surface area contributed by atoms with E-state index < -0.39 is 0 Å². The molecule has 0 aromatic heterocycles. The second-order valence-electron chi connectivity index (χ2n) is 6.16. The molecule has 0 bridgehead atoms. The molecule has 2 fully saturated rings. The van der Waals surface area contributed by atoms with Crippen molar-refractivity contribution in [3.8, 4) is 0 Å². The molecule has 1 saturated heterocycles. The molecule has 1 aliphatic heterocycles. The number of rotatable bonds is 2. The molecule has 104 valence electrons. The number of halogens is 1. The van der Waals surface area contributed by atoms with Crippen molar-refractivity contribution in [2.45, 2.75) is 44.2 Å². The number of nitrogens with zero attached hydrogens (tertiary/aromatic N) is 1. The van der Waals surface area contributed by atoms with Gasteiger partial charge in [-0.2, -0.15) is 0 Å². The van der Waals surface area contributed by atoms with Crippen LogP contribution in [0.25, 0.3) is 0 Å². The van der Waals surface area contributed by atoms with Crippen LogP contribution in [0.5, 0.6) is 0 Å². The number of benzene rings is 1. The number of aliphatic hydroxyl groups is 1. The summed E-state index contributed by atoms with van der Waals surface area (Å²) in [6.45, 7) is 3.14. The second-order valence-corrected chi connectivity index (χ2v) is 7.40. The highest BCUT2D eigenvalue weighted by atomic mass is 127. The van der Waals surface area contributed by atoms with E-state index in [2.05, 4.69) is 51.8 Å². The Balaban J connectivity index is 1.63. The van der Waals surface area contributed by atoms with Gasteiger partial charge in [0.2, 0.25) is 0 Å². The molecule has 0 amide bonds. The Bertz CT molecular complexity index is 433. The number of likely N-dealkylation sites (tertiary alicyclic amines) is 1. The van der Waals surface area contributed by atoms with Gasteiger partial charge in [0.15, 0.2) is 0 Å². The minimum absolute atomic E-state index is 0.346. The standard InChI is InChI=1S/C16H22INO/c17-15-6-4-13(5-7-15)11-18-10-9-16(19)8-2-1-3-14(16)12-18/h4-7,14,19H,1-3,8-12H2. The first kappa shape index (κ1) is 13.8. The van der Waals surface area contributed by atoms with Crippen LogP contribution in [0.2, 0.25) is 0 Å². The van der Waals surface area contributed by atoms with E-state index in [1.54, 1.807) is 0 Å². The lowest BCUT2D eigenvalue weighted by atomic mass is 9.71. The third-order valence-electron chi connectivity index (χ3n) is 4.83. The highest BCUT2D eigenvalue weighted by Crippen LogP contribution is 2.39. The summed E-state index contributed by atoms with van der Waals surface area (Å²) >= 11 is 2.35. The zero-order chi connectivity index (χ0) is 13.3. The molecule has 2 unspecified atom stereocenters. The molecule has 2 atom stereocenters. The highest BCUT2D eigenvalue weighted by Gasteiger charge is 2.42.